The number of carbonyl (C=O) groups is 2. The van der Waals surface area contributed by atoms with Gasteiger partial charge in [0.05, 0.1) is 0 Å². The topological polar surface area (TPSA) is 58.2 Å². The number of benzene rings is 1. The van der Waals surface area contributed by atoms with Crippen molar-refractivity contribution in [1.82, 2.24) is 10.6 Å². The molecule has 0 aromatic heterocycles. The van der Waals surface area contributed by atoms with Crippen molar-refractivity contribution in [1.29, 1.82) is 0 Å². The van der Waals surface area contributed by atoms with Crippen LogP contribution in [0, 0.1) is 5.41 Å². The van der Waals surface area contributed by atoms with Crippen LogP contribution in [-0.4, -0.2) is 18.4 Å². The molecule has 1 aliphatic carbocycles. The van der Waals surface area contributed by atoms with Gasteiger partial charge in [-0.15, -0.1) is 0 Å². The second-order valence-corrected chi connectivity index (χ2v) is 5.52. The van der Waals surface area contributed by atoms with Gasteiger partial charge < -0.3 is 10.6 Å². The summed E-state index contributed by atoms with van der Waals surface area (Å²) in [6, 6.07) is 7.35. The first kappa shape index (κ1) is 14.9. The van der Waals surface area contributed by atoms with Crippen molar-refractivity contribution in [2.45, 2.75) is 32.7 Å². The van der Waals surface area contributed by atoms with E-state index >= 15 is 0 Å². The van der Waals surface area contributed by atoms with Gasteiger partial charge in [0.1, 0.15) is 5.41 Å². The minimum absolute atomic E-state index is 0.156. The van der Waals surface area contributed by atoms with Gasteiger partial charge in [0.15, 0.2) is 0 Å². The van der Waals surface area contributed by atoms with Crippen LogP contribution in [0.15, 0.2) is 24.3 Å². The van der Waals surface area contributed by atoms with Crippen molar-refractivity contribution >= 4 is 23.4 Å². The smallest absolute Gasteiger partial charge is 0.235 e. The van der Waals surface area contributed by atoms with Gasteiger partial charge in [-0.1, -0.05) is 36.7 Å². The van der Waals surface area contributed by atoms with Crippen LogP contribution in [0.2, 0.25) is 5.02 Å². The molecule has 4 nitrogen and oxygen atoms in total. The molecule has 0 bridgehead atoms. The summed E-state index contributed by atoms with van der Waals surface area (Å²) >= 11 is 6.04. The van der Waals surface area contributed by atoms with Crippen LogP contribution in [-0.2, 0) is 16.1 Å². The molecule has 0 aliphatic heterocycles. The summed E-state index contributed by atoms with van der Waals surface area (Å²) < 4.78 is 0. The third-order valence-electron chi connectivity index (χ3n) is 3.55. The SMILES string of the molecule is CCCNC(=O)C1(C(=O)NCc2ccccc2Cl)CC1. The molecule has 20 heavy (non-hydrogen) atoms. The van der Waals surface area contributed by atoms with Gasteiger partial charge in [-0.25, -0.2) is 0 Å². The molecular weight excluding hydrogens is 276 g/mol. The fourth-order valence-electron chi connectivity index (χ4n) is 2.08. The first-order valence-corrected chi connectivity index (χ1v) is 7.28. The predicted molar refractivity (Wildman–Crippen MR) is 78.3 cm³/mol. The average Bonchev–Trinajstić information content (AvgIpc) is 3.25. The van der Waals surface area contributed by atoms with Crippen LogP contribution in [0.25, 0.3) is 0 Å². The van der Waals surface area contributed by atoms with Crippen LogP contribution < -0.4 is 10.6 Å². The number of nitrogens with one attached hydrogen (secondary N) is 2. The van der Waals surface area contributed by atoms with Crippen LogP contribution in [0.4, 0.5) is 0 Å². The predicted octanol–water partition coefficient (Wildman–Crippen LogP) is 2.26. The quantitative estimate of drug-likeness (QED) is 0.791. The Labute approximate surface area is 123 Å². The number of rotatable bonds is 6. The molecule has 0 radical (unpaired) electrons. The lowest BCUT2D eigenvalue weighted by Gasteiger charge is -2.15. The van der Waals surface area contributed by atoms with Crippen LogP contribution in [0.1, 0.15) is 31.7 Å². The summed E-state index contributed by atoms with van der Waals surface area (Å²) in [6.45, 7) is 2.94. The fourth-order valence-corrected chi connectivity index (χ4v) is 2.28. The molecule has 1 aromatic rings. The molecule has 1 aliphatic rings. The molecule has 0 atom stereocenters. The van der Waals surface area contributed by atoms with Crippen molar-refractivity contribution < 1.29 is 9.59 Å². The Hall–Kier alpha value is -1.55. The number of hydrogen-bond donors (Lipinski definition) is 2. The summed E-state index contributed by atoms with van der Waals surface area (Å²) in [5, 5.41) is 6.23. The van der Waals surface area contributed by atoms with E-state index in [0.29, 0.717) is 31.0 Å². The summed E-state index contributed by atoms with van der Waals surface area (Å²) in [5.74, 6) is -0.359. The Morgan fingerprint density at radius 3 is 2.45 bits per heavy atom. The van der Waals surface area contributed by atoms with Gasteiger partial charge in [-0.3, -0.25) is 9.59 Å². The first-order valence-electron chi connectivity index (χ1n) is 6.90. The highest BCUT2D eigenvalue weighted by Crippen LogP contribution is 2.46. The molecule has 2 N–H and O–H groups in total. The van der Waals surface area contributed by atoms with Gasteiger partial charge in [0.25, 0.3) is 0 Å². The largest absolute Gasteiger partial charge is 0.355 e. The maximum absolute atomic E-state index is 12.2. The minimum Gasteiger partial charge on any atom is -0.355 e. The van der Waals surface area contributed by atoms with Gasteiger partial charge in [0.2, 0.25) is 11.8 Å². The van der Waals surface area contributed by atoms with E-state index in [2.05, 4.69) is 10.6 Å². The lowest BCUT2D eigenvalue weighted by molar-refractivity contribution is -0.137. The van der Waals surface area contributed by atoms with E-state index < -0.39 is 5.41 Å². The third-order valence-corrected chi connectivity index (χ3v) is 3.92. The molecule has 0 unspecified atom stereocenters. The van der Waals surface area contributed by atoms with Crippen molar-refractivity contribution in [2.75, 3.05) is 6.54 Å². The molecule has 0 saturated heterocycles. The summed E-state index contributed by atoms with van der Waals surface area (Å²) in [6.07, 6.45) is 2.11. The first-order chi connectivity index (χ1) is 9.60. The third kappa shape index (κ3) is 3.12. The van der Waals surface area contributed by atoms with Gasteiger partial charge >= 0.3 is 0 Å². The summed E-state index contributed by atoms with van der Waals surface area (Å²) in [5.41, 5.74) is 0.00320. The lowest BCUT2D eigenvalue weighted by Crippen LogP contribution is -2.43. The highest BCUT2D eigenvalue weighted by atomic mass is 35.5. The van der Waals surface area contributed by atoms with Gasteiger partial charge in [-0.2, -0.15) is 0 Å². The van der Waals surface area contributed by atoms with E-state index in [9.17, 15) is 9.59 Å². The maximum Gasteiger partial charge on any atom is 0.235 e. The zero-order chi connectivity index (χ0) is 14.6. The fraction of sp³-hybridized carbons (Fsp3) is 0.467. The standard InChI is InChI=1S/C15H19ClN2O2/c1-2-9-17-13(19)15(7-8-15)14(20)18-10-11-5-3-4-6-12(11)16/h3-6H,2,7-10H2,1H3,(H,17,19)(H,18,20). The van der Waals surface area contributed by atoms with Crippen LogP contribution >= 0.6 is 11.6 Å². The molecule has 2 amide bonds. The second-order valence-electron chi connectivity index (χ2n) is 5.11. The number of halogens is 1. The second kappa shape index (κ2) is 6.27. The Morgan fingerprint density at radius 2 is 1.85 bits per heavy atom. The number of amides is 2. The van der Waals surface area contributed by atoms with E-state index in [4.69, 9.17) is 11.6 Å². The van der Waals surface area contributed by atoms with E-state index in [-0.39, 0.29) is 11.8 Å². The molecular formula is C15H19ClN2O2. The lowest BCUT2D eigenvalue weighted by atomic mass is 10.0. The molecule has 1 fully saturated rings. The number of carbonyl (C=O) groups excluding carboxylic acids is 2. The normalized spacial score (nSPS) is 15.5. The molecule has 2 rings (SSSR count). The van der Waals surface area contributed by atoms with E-state index in [0.717, 1.165) is 12.0 Å². The zero-order valence-electron chi connectivity index (χ0n) is 11.5. The Balaban J connectivity index is 1.92. The monoisotopic (exact) mass is 294 g/mol. The van der Waals surface area contributed by atoms with Gasteiger partial charge in [-0.05, 0) is 30.9 Å². The summed E-state index contributed by atoms with van der Waals surface area (Å²) in [7, 11) is 0. The molecule has 0 spiro atoms. The Bertz CT molecular complexity index is 512. The maximum atomic E-state index is 12.2. The van der Waals surface area contributed by atoms with Crippen LogP contribution in [0.3, 0.4) is 0 Å². The Morgan fingerprint density at radius 1 is 1.20 bits per heavy atom. The highest BCUT2D eigenvalue weighted by Gasteiger charge is 2.56. The molecule has 1 aromatic carbocycles. The van der Waals surface area contributed by atoms with E-state index in [1.807, 2.05) is 25.1 Å². The molecule has 5 heteroatoms. The van der Waals surface area contributed by atoms with Crippen LogP contribution in [0.5, 0.6) is 0 Å². The van der Waals surface area contributed by atoms with E-state index in [1.54, 1.807) is 6.07 Å². The van der Waals surface area contributed by atoms with Crippen molar-refractivity contribution in [3.05, 3.63) is 34.9 Å². The van der Waals surface area contributed by atoms with Crippen molar-refractivity contribution in [3.8, 4) is 0 Å². The zero-order valence-corrected chi connectivity index (χ0v) is 12.3. The van der Waals surface area contributed by atoms with Crippen molar-refractivity contribution in [2.24, 2.45) is 5.41 Å². The summed E-state index contributed by atoms with van der Waals surface area (Å²) in [4.78, 5) is 24.2. The molecule has 0 heterocycles. The average molecular weight is 295 g/mol. The van der Waals surface area contributed by atoms with E-state index in [1.165, 1.54) is 0 Å². The van der Waals surface area contributed by atoms with Gasteiger partial charge in [0, 0.05) is 18.1 Å². The minimum atomic E-state index is -0.851. The number of hydrogen-bond acceptors (Lipinski definition) is 2. The van der Waals surface area contributed by atoms with Crippen molar-refractivity contribution in [3.63, 3.8) is 0 Å². The highest BCUT2D eigenvalue weighted by molar-refractivity contribution is 6.31. The molecule has 1 saturated carbocycles. The Kier molecular flexibility index (Phi) is 4.65. The molecule has 108 valence electrons.